The van der Waals surface area contributed by atoms with Gasteiger partial charge in [0.05, 0.1) is 12.5 Å². The van der Waals surface area contributed by atoms with Crippen LogP contribution in [0, 0.1) is 11.8 Å². The number of hydrogen-bond acceptors (Lipinski definition) is 7. The normalized spacial score (nSPS) is 15.4. The number of hydrogen-bond donors (Lipinski definition) is 7. The minimum Gasteiger partial charge on any atom is -0.480 e. The van der Waals surface area contributed by atoms with Crippen LogP contribution in [0.5, 0.6) is 0 Å². The molecule has 0 saturated heterocycles. The van der Waals surface area contributed by atoms with Crippen LogP contribution in [0.4, 0.5) is 0 Å². The number of carbonyl (C=O) groups is 6. The quantitative estimate of drug-likeness (QED) is 0.129. The van der Waals surface area contributed by atoms with E-state index >= 15 is 0 Å². The van der Waals surface area contributed by atoms with Gasteiger partial charge in [-0.3, -0.25) is 24.0 Å². The molecule has 0 spiro atoms. The van der Waals surface area contributed by atoms with Gasteiger partial charge < -0.3 is 38.3 Å². The van der Waals surface area contributed by atoms with Crippen molar-refractivity contribution in [2.45, 2.75) is 84.0 Å². The Morgan fingerprint density at radius 1 is 0.794 bits per heavy atom. The van der Waals surface area contributed by atoms with Crippen LogP contribution in [0.1, 0.15) is 59.8 Å². The highest BCUT2D eigenvalue weighted by molar-refractivity contribution is 5.96. The van der Waals surface area contributed by atoms with E-state index in [0.717, 1.165) is 0 Å². The van der Waals surface area contributed by atoms with Crippen molar-refractivity contribution in [1.82, 2.24) is 16.0 Å². The van der Waals surface area contributed by atoms with Crippen LogP contribution < -0.4 is 33.2 Å². The Bertz CT molecular complexity index is 758. The van der Waals surface area contributed by atoms with Gasteiger partial charge in [-0.15, -0.1) is 0 Å². The van der Waals surface area contributed by atoms with E-state index in [-0.39, 0.29) is 31.1 Å². The molecular weight excluding hydrogens is 448 g/mol. The minimum absolute atomic E-state index is 0.0614. The largest absolute Gasteiger partial charge is 0.480 e. The zero-order valence-electron chi connectivity index (χ0n) is 20.1. The third-order valence-electron chi connectivity index (χ3n) is 5.23. The third-order valence-corrected chi connectivity index (χ3v) is 5.23. The van der Waals surface area contributed by atoms with E-state index in [0.29, 0.717) is 6.42 Å². The fourth-order valence-corrected chi connectivity index (χ4v) is 2.98. The third kappa shape index (κ3) is 11.6. The number of nitrogens with one attached hydrogen (secondary N) is 3. The summed E-state index contributed by atoms with van der Waals surface area (Å²) in [7, 11) is 0. The molecule has 0 aliphatic heterocycles. The fourth-order valence-electron chi connectivity index (χ4n) is 2.98. The van der Waals surface area contributed by atoms with Crippen molar-refractivity contribution in [3.8, 4) is 0 Å². The average Bonchev–Trinajstić information content (AvgIpc) is 2.73. The molecule has 0 bridgehead atoms. The zero-order valence-corrected chi connectivity index (χ0v) is 20.1. The lowest BCUT2D eigenvalue weighted by Crippen LogP contribution is -2.58. The molecule has 0 saturated carbocycles. The summed E-state index contributed by atoms with van der Waals surface area (Å²) < 4.78 is 0. The lowest BCUT2D eigenvalue weighted by atomic mass is 9.98. The van der Waals surface area contributed by atoms with E-state index in [9.17, 15) is 33.9 Å². The van der Waals surface area contributed by atoms with Gasteiger partial charge in [0.1, 0.15) is 18.1 Å². The van der Waals surface area contributed by atoms with Crippen molar-refractivity contribution >= 4 is 35.5 Å². The highest BCUT2D eigenvalue weighted by Gasteiger charge is 2.32. The highest BCUT2D eigenvalue weighted by Crippen LogP contribution is 2.08. The molecule has 0 radical (unpaired) electrons. The predicted molar refractivity (Wildman–Crippen MR) is 123 cm³/mol. The molecule has 10 N–H and O–H groups in total. The first-order chi connectivity index (χ1) is 15.7. The van der Waals surface area contributed by atoms with Crippen LogP contribution in [-0.4, -0.2) is 64.8 Å². The molecule has 13 heteroatoms. The minimum atomic E-state index is -1.50. The average molecular weight is 487 g/mol. The Hall–Kier alpha value is -3.22. The Morgan fingerprint density at radius 2 is 1.29 bits per heavy atom. The standard InChI is InChI=1S/C21H38N6O7/c1-5-11(4)17(24)20(32)25-12(6-7-15(22)28)18(30)26-13(9-16(23)29)19(31)27-14(21(33)34)8-10(2)3/h10-14,17H,5-9,24H2,1-4H3,(H2,22,28)(H2,23,29)(H,25,32)(H,26,30)(H,27,31)(H,33,34). The number of primary amides is 2. The lowest BCUT2D eigenvalue weighted by molar-refractivity contribution is -0.143. The van der Waals surface area contributed by atoms with Crippen molar-refractivity contribution in [3.05, 3.63) is 0 Å². The van der Waals surface area contributed by atoms with Crippen LogP contribution in [-0.2, 0) is 28.8 Å². The van der Waals surface area contributed by atoms with Crippen LogP contribution in [0.2, 0.25) is 0 Å². The summed E-state index contributed by atoms with van der Waals surface area (Å²) in [4.78, 5) is 72.2. The summed E-state index contributed by atoms with van der Waals surface area (Å²) in [5, 5.41) is 16.4. The summed E-state index contributed by atoms with van der Waals surface area (Å²) in [6, 6.07) is -4.97. The molecule has 13 nitrogen and oxygen atoms in total. The predicted octanol–water partition coefficient (Wildman–Crippen LogP) is -1.91. The number of nitrogens with two attached hydrogens (primary N) is 3. The van der Waals surface area contributed by atoms with Gasteiger partial charge >= 0.3 is 5.97 Å². The maximum Gasteiger partial charge on any atom is 0.326 e. The molecule has 0 aromatic carbocycles. The summed E-state index contributed by atoms with van der Waals surface area (Å²) in [5.41, 5.74) is 16.2. The molecule has 194 valence electrons. The van der Waals surface area contributed by atoms with Gasteiger partial charge in [0.25, 0.3) is 0 Å². The molecule has 34 heavy (non-hydrogen) atoms. The highest BCUT2D eigenvalue weighted by atomic mass is 16.4. The second-order valence-electron chi connectivity index (χ2n) is 8.74. The van der Waals surface area contributed by atoms with Gasteiger partial charge in [0.2, 0.25) is 29.5 Å². The van der Waals surface area contributed by atoms with Gasteiger partial charge in [-0.1, -0.05) is 34.1 Å². The first kappa shape index (κ1) is 30.8. The van der Waals surface area contributed by atoms with Crippen molar-refractivity contribution < 1.29 is 33.9 Å². The summed E-state index contributed by atoms with van der Waals surface area (Å²) in [6.45, 7) is 7.12. The van der Waals surface area contributed by atoms with Crippen LogP contribution >= 0.6 is 0 Å². The number of carboxylic acids is 1. The number of amides is 5. The van der Waals surface area contributed by atoms with E-state index in [1.54, 1.807) is 20.8 Å². The summed E-state index contributed by atoms with van der Waals surface area (Å²) in [6.07, 6.45) is -0.332. The topological polar surface area (TPSA) is 237 Å². The molecule has 0 fully saturated rings. The second kappa shape index (κ2) is 14.8. The maximum atomic E-state index is 12.9. The van der Waals surface area contributed by atoms with E-state index < -0.39 is 66.1 Å². The number of carbonyl (C=O) groups excluding carboxylic acids is 5. The van der Waals surface area contributed by atoms with Crippen molar-refractivity contribution in [2.75, 3.05) is 0 Å². The van der Waals surface area contributed by atoms with E-state index in [1.807, 2.05) is 6.92 Å². The molecule has 5 unspecified atom stereocenters. The van der Waals surface area contributed by atoms with Crippen molar-refractivity contribution in [3.63, 3.8) is 0 Å². The van der Waals surface area contributed by atoms with Crippen LogP contribution in [0.3, 0.4) is 0 Å². The monoisotopic (exact) mass is 486 g/mol. The zero-order chi connectivity index (χ0) is 26.6. The van der Waals surface area contributed by atoms with Gasteiger partial charge in [-0.25, -0.2) is 4.79 Å². The second-order valence-corrected chi connectivity index (χ2v) is 8.74. The first-order valence-electron chi connectivity index (χ1n) is 11.2. The molecule has 0 aliphatic rings. The van der Waals surface area contributed by atoms with Crippen LogP contribution in [0.25, 0.3) is 0 Å². The van der Waals surface area contributed by atoms with Crippen molar-refractivity contribution in [2.24, 2.45) is 29.0 Å². The Morgan fingerprint density at radius 3 is 1.74 bits per heavy atom. The molecule has 0 rings (SSSR count). The molecule has 0 aromatic rings. The van der Waals surface area contributed by atoms with E-state index in [4.69, 9.17) is 17.2 Å². The SMILES string of the molecule is CCC(C)C(N)C(=O)NC(CCC(N)=O)C(=O)NC(CC(N)=O)C(=O)NC(CC(C)C)C(=O)O. The molecule has 0 aromatic heterocycles. The molecule has 5 atom stereocenters. The molecule has 0 heterocycles. The lowest BCUT2D eigenvalue weighted by Gasteiger charge is -2.26. The van der Waals surface area contributed by atoms with E-state index in [1.165, 1.54) is 0 Å². The number of aliphatic carboxylic acids is 1. The first-order valence-corrected chi connectivity index (χ1v) is 11.2. The smallest absolute Gasteiger partial charge is 0.326 e. The Labute approximate surface area is 198 Å². The van der Waals surface area contributed by atoms with Gasteiger partial charge in [0, 0.05) is 6.42 Å². The summed E-state index contributed by atoms with van der Waals surface area (Å²) in [5.74, 6) is -5.64. The molecule has 0 aliphatic carbocycles. The van der Waals surface area contributed by atoms with Crippen molar-refractivity contribution in [1.29, 1.82) is 0 Å². The Kier molecular flexibility index (Phi) is 13.4. The van der Waals surface area contributed by atoms with Crippen LogP contribution in [0.15, 0.2) is 0 Å². The molecular formula is C21H38N6O7. The van der Waals surface area contributed by atoms with Gasteiger partial charge in [0.15, 0.2) is 0 Å². The fraction of sp³-hybridized carbons (Fsp3) is 0.714. The number of carboxylic acid groups (broad SMARTS) is 1. The Balaban J connectivity index is 5.62. The maximum absolute atomic E-state index is 12.9. The van der Waals surface area contributed by atoms with E-state index in [2.05, 4.69) is 16.0 Å². The summed E-state index contributed by atoms with van der Waals surface area (Å²) >= 11 is 0. The van der Waals surface area contributed by atoms with Gasteiger partial charge in [-0.2, -0.15) is 0 Å². The molecule has 5 amide bonds. The number of rotatable bonds is 16. The van der Waals surface area contributed by atoms with Gasteiger partial charge in [-0.05, 0) is 24.7 Å².